The quantitative estimate of drug-likeness (QED) is 0.411. The van der Waals surface area contributed by atoms with Crippen LogP contribution in [-0.2, 0) is 6.42 Å². The topological polar surface area (TPSA) is 0 Å². The highest BCUT2D eigenvalue weighted by atomic mass is 14.0. The normalized spacial score (nSPS) is 10.8. The summed E-state index contributed by atoms with van der Waals surface area (Å²) in [7, 11) is 0. The minimum Gasteiger partial charge on any atom is -0.0654 e. The van der Waals surface area contributed by atoms with Crippen molar-refractivity contribution in [2.75, 3.05) is 0 Å². The van der Waals surface area contributed by atoms with Crippen molar-refractivity contribution in [2.24, 2.45) is 0 Å². The van der Waals surface area contributed by atoms with Gasteiger partial charge in [-0.2, -0.15) is 0 Å². The van der Waals surface area contributed by atoms with E-state index in [1.54, 1.807) is 0 Å². The van der Waals surface area contributed by atoms with Crippen LogP contribution in [0.2, 0.25) is 0 Å². The summed E-state index contributed by atoms with van der Waals surface area (Å²) < 4.78 is 0. The van der Waals surface area contributed by atoms with E-state index in [4.69, 9.17) is 0 Å². The molecule has 0 bridgehead atoms. The van der Waals surface area contributed by atoms with E-state index >= 15 is 0 Å². The van der Waals surface area contributed by atoms with Crippen LogP contribution in [0.3, 0.4) is 0 Å². The highest BCUT2D eigenvalue weighted by molar-refractivity contribution is 5.21. The van der Waals surface area contributed by atoms with Gasteiger partial charge in [0.1, 0.15) is 0 Å². The molecule has 19 heavy (non-hydrogen) atoms. The fourth-order valence-corrected chi connectivity index (χ4v) is 2.62. The Balaban J connectivity index is 1.89. The average Bonchev–Trinajstić information content (AvgIpc) is 2.41. The first-order valence-corrected chi connectivity index (χ1v) is 8.30. The third-order valence-electron chi connectivity index (χ3n) is 3.83. The maximum absolute atomic E-state index is 3.21. The van der Waals surface area contributed by atoms with Gasteiger partial charge in [-0.3, -0.25) is 0 Å². The zero-order chi connectivity index (χ0) is 13.8. The van der Waals surface area contributed by atoms with Crippen molar-refractivity contribution < 1.29 is 0 Å². The molecular formula is C19H31. The molecule has 0 heteroatoms. The lowest BCUT2D eigenvalue weighted by atomic mass is 10.0. The van der Waals surface area contributed by atoms with Crippen LogP contribution in [0.1, 0.15) is 82.3 Å². The molecule has 0 heterocycles. The second-order valence-electron chi connectivity index (χ2n) is 5.81. The Hall–Kier alpha value is -0.780. The molecule has 1 rings (SSSR count). The first kappa shape index (κ1) is 16.3. The maximum Gasteiger partial charge on any atom is -0.0152 e. The highest BCUT2D eigenvalue weighted by Crippen LogP contribution is 2.12. The number of benzene rings is 1. The molecule has 1 aromatic carbocycles. The van der Waals surface area contributed by atoms with Crippen LogP contribution in [0.5, 0.6) is 0 Å². The molecule has 0 aromatic heterocycles. The summed E-state index contributed by atoms with van der Waals surface area (Å²) in [6.07, 6.45) is 15.4. The lowest BCUT2D eigenvalue weighted by Crippen LogP contribution is -1.87. The SMILES string of the molecule is CCCCCCCCCCCCc1cc[c]c(C)c1. The molecule has 0 unspecified atom stereocenters. The first-order valence-electron chi connectivity index (χ1n) is 8.30. The van der Waals surface area contributed by atoms with Crippen molar-refractivity contribution in [1.29, 1.82) is 0 Å². The maximum atomic E-state index is 3.21. The molecule has 0 aliphatic carbocycles. The summed E-state index contributed by atoms with van der Waals surface area (Å²) >= 11 is 0. The van der Waals surface area contributed by atoms with Crippen LogP contribution in [0, 0.1) is 13.0 Å². The number of hydrogen-bond donors (Lipinski definition) is 0. The number of aryl methyl sites for hydroxylation is 2. The van der Waals surface area contributed by atoms with Crippen molar-refractivity contribution in [3.8, 4) is 0 Å². The van der Waals surface area contributed by atoms with E-state index in [2.05, 4.69) is 38.1 Å². The largest absolute Gasteiger partial charge is 0.0654 e. The standard InChI is InChI=1S/C19H31/c1-3-4-5-6-7-8-9-10-11-12-15-19-16-13-14-18(2)17-19/h13,16-17H,3-12,15H2,1-2H3. The van der Waals surface area contributed by atoms with Crippen LogP contribution < -0.4 is 0 Å². The van der Waals surface area contributed by atoms with Gasteiger partial charge in [-0.05, 0) is 37.0 Å². The Morgan fingerprint density at radius 3 is 2.00 bits per heavy atom. The van der Waals surface area contributed by atoms with Crippen molar-refractivity contribution in [2.45, 2.75) is 84.5 Å². The molecule has 107 valence electrons. The Morgan fingerprint density at radius 2 is 1.42 bits per heavy atom. The third-order valence-corrected chi connectivity index (χ3v) is 3.83. The molecule has 0 atom stereocenters. The lowest BCUT2D eigenvalue weighted by molar-refractivity contribution is 0.556. The van der Waals surface area contributed by atoms with Crippen molar-refractivity contribution in [1.82, 2.24) is 0 Å². The first-order chi connectivity index (χ1) is 9.33. The summed E-state index contributed by atoms with van der Waals surface area (Å²) in [5.41, 5.74) is 2.75. The summed E-state index contributed by atoms with van der Waals surface area (Å²) in [4.78, 5) is 0. The molecule has 0 aliphatic heterocycles. The van der Waals surface area contributed by atoms with E-state index < -0.39 is 0 Å². The van der Waals surface area contributed by atoms with Crippen LogP contribution in [0.15, 0.2) is 18.2 Å². The molecular weight excluding hydrogens is 228 g/mol. The number of hydrogen-bond acceptors (Lipinski definition) is 0. The van der Waals surface area contributed by atoms with Crippen molar-refractivity contribution >= 4 is 0 Å². The molecule has 0 N–H and O–H groups in total. The molecule has 0 saturated heterocycles. The molecule has 0 saturated carbocycles. The highest BCUT2D eigenvalue weighted by Gasteiger charge is 1.95. The van der Waals surface area contributed by atoms with E-state index in [9.17, 15) is 0 Å². The van der Waals surface area contributed by atoms with Crippen molar-refractivity contribution in [3.05, 3.63) is 35.4 Å². The molecule has 0 amide bonds. The molecule has 1 radical (unpaired) electrons. The minimum atomic E-state index is 1.24. The Labute approximate surface area is 120 Å². The predicted octanol–water partition coefficient (Wildman–Crippen LogP) is 6.26. The minimum absolute atomic E-state index is 1.24. The van der Waals surface area contributed by atoms with Gasteiger partial charge in [-0.15, -0.1) is 0 Å². The van der Waals surface area contributed by atoms with Crippen molar-refractivity contribution in [3.63, 3.8) is 0 Å². The monoisotopic (exact) mass is 259 g/mol. The predicted molar refractivity (Wildman–Crippen MR) is 85.6 cm³/mol. The van der Waals surface area contributed by atoms with Gasteiger partial charge in [0.15, 0.2) is 0 Å². The summed E-state index contributed by atoms with van der Waals surface area (Å²) in [6, 6.07) is 9.75. The molecule has 1 aromatic rings. The van der Waals surface area contributed by atoms with E-state index in [0.29, 0.717) is 0 Å². The van der Waals surface area contributed by atoms with Gasteiger partial charge in [0, 0.05) is 0 Å². The van der Waals surface area contributed by atoms with Crippen LogP contribution >= 0.6 is 0 Å². The summed E-state index contributed by atoms with van der Waals surface area (Å²) in [5, 5.41) is 0. The van der Waals surface area contributed by atoms with Gasteiger partial charge in [0.25, 0.3) is 0 Å². The number of rotatable bonds is 11. The van der Waals surface area contributed by atoms with Crippen LogP contribution in [0.4, 0.5) is 0 Å². The third kappa shape index (κ3) is 8.86. The smallest absolute Gasteiger partial charge is 0.0152 e. The van der Waals surface area contributed by atoms with Gasteiger partial charge in [-0.1, -0.05) is 82.9 Å². The lowest BCUT2D eigenvalue weighted by Gasteiger charge is -2.03. The molecule has 0 spiro atoms. The second kappa shape index (κ2) is 11.1. The summed E-state index contributed by atoms with van der Waals surface area (Å²) in [6.45, 7) is 4.41. The Morgan fingerprint density at radius 1 is 0.842 bits per heavy atom. The van der Waals surface area contributed by atoms with E-state index in [1.807, 2.05) is 0 Å². The average molecular weight is 259 g/mol. The van der Waals surface area contributed by atoms with E-state index in [0.717, 1.165) is 0 Å². The van der Waals surface area contributed by atoms with E-state index in [1.165, 1.54) is 81.8 Å². The zero-order valence-electron chi connectivity index (χ0n) is 13.0. The molecule has 0 fully saturated rings. The van der Waals surface area contributed by atoms with Crippen LogP contribution in [-0.4, -0.2) is 0 Å². The van der Waals surface area contributed by atoms with Gasteiger partial charge in [-0.25, -0.2) is 0 Å². The Kier molecular flexibility index (Phi) is 9.49. The van der Waals surface area contributed by atoms with Crippen LogP contribution in [0.25, 0.3) is 0 Å². The van der Waals surface area contributed by atoms with Gasteiger partial charge < -0.3 is 0 Å². The summed E-state index contributed by atoms with van der Waals surface area (Å²) in [5.74, 6) is 0. The zero-order valence-corrected chi connectivity index (χ0v) is 13.0. The molecule has 0 nitrogen and oxygen atoms in total. The fourth-order valence-electron chi connectivity index (χ4n) is 2.62. The van der Waals surface area contributed by atoms with E-state index in [-0.39, 0.29) is 0 Å². The fraction of sp³-hybridized carbons (Fsp3) is 0.684. The number of unbranched alkanes of at least 4 members (excludes halogenated alkanes) is 9. The van der Waals surface area contributed by atoms with Gasteiger partial charge in [0.05, 0.1) is 0 Å². The second-order valence-corrected chi connectivity index (χ2v) is 5.81. The van der Waals surface area contributed by atoms with Gasteiger partial charge in [0.2, 0.25) is 0 Å². The van der Waals surface area contributed by atoms with Gasteiger partial charge >= 0.3 is 0 Å². The Bertz CT molecular complexity index is 314. The molecule has 0 aliphatic rings.